The lowest BCUT2D eigenvalue weighted by atomic mass is 9.75. The second kappa shape index (κ2) is 5.20. The first-order chi connectivity index (χ1) is 6.93. The van der Waals surface area contributed by atoms with E-state index < -0.39 is 0 Å². The van der Waals surface area contributed by atoms with E-state index in [0.717, 1.165) is 6.42 Å². The number of hydrogen-bond donors (Lipinski definition) is 1. The first-order valence-electron chi connectivity index (χ1n) is 6.25. The highest BCUT2D eigenvalue weighted by Crippen LogP contribution is 2.31. The van der Waals surface area contributed by atoms with Crippen LogP contribution in [0, 0.1) is 17.3 Å². The molecular weight excluding hydrogens is 198 g/mol. The summed E-state index contributed by atoms with van der Waals surface area (Å²) in [5.41, 5.74) is -0.114. The minimum atomic E-state index is -0.141. The van der Waals surface area contributed by atoms with Gasteiger partial charge in [0.1, 0.15) is 0 Å². The molecule has 1 amide bonds. The van der Waals surface area contributed by atoms with E-state index in [1.807, 2.05) is 20.8 Å². The van der Waals surface area contributed by atoms with E-state index in [1.54, 1.807) is 0 Å². The molecule has 0 radical (unpaired) electrons. The molecule has 1 atom stereocenters. The monoisotopic (exact) mass is 227 g/mol. The second-order valence-electron chi connectivity index (χ2n) is 7.29. The highest BCUT2D eigenvalue weighted by Gasteiger charge is 2.33. The molecule has 0 saturated heterocycles. The Bertz CT molecular complexity index is 230. The van der Waals surface area contributed by atoms with Crippen LogP contribution in [0.25, 0.3) is 0 Å². The van der Waals surface area contributed by atoms with Gasteiger partial charge in [-0.2, -0.15) is 0 Å². The van der Waals surface area contributed by atoms with Gasteiger partial charge >= 0.3 is 0 Å². The SMILES string of the molecule is CC(C)C[C@@H](C(=O)NC(C)(C)C)C(C)(C)C. The largest absolute Gasteiger partial charge is 0.351 e. The summed E-state index contributed by atoms with van der Waals surface area (Å²) < 4.78 is 0. The summed E-state index contributed by atoms with van der Waals surface area (Å²) in [6.45, 7) is 16.8. The normalized spacial score (nSPS) is 15.1. The van der Waals surface area contributed by atoms with E-state index in [2.05, 4.69) is 39.9 Å². The minimum absolute atomic E-state index is 0.0274. The highest BCUT2D eigenvalue weighted by molar-refractivity contribution is 5.80. The number of hydrogen-bond acceptors (Lipinski definition) is 1. The smallest absolute Gasteiger partial charge is 0.224 e. The molecule has 16 heavy (non-hydrogen) atoms. The lowest BCUT2D eigenvalue weighted by molar-refractivity contribution is -0.130. The van der Waals surface area contributed by atoms with Gasteiger partial charge in [-0.1, -0.05) is 34.6 Å². The van der Waals surface area contributed by atoms with Gasteiger partial charge in [-0.3, -0.25) is 4.79 Å². The van der Waals surface area contributed by atoms with Crippen molar-refractivity contribution in [3.05, 3.63) is 0 Å². The van der Waals surface area contributed by atoms with Crippen molar-refractivity contribution in [2.75, 3.05) is 0 Å². The van der Waals surface area contributed by atoms with E-state index >= 15 is 0 Å². The Morgan fingerprint density at radius 2 is 1.50 bits per heavy atom. The highest BCUT2D eigenvalue weighted by atomic mass is 16.2. The number of carbonyl (C=O) groups is 1. The number of rotatable bonds is 3. The number of carbonyl (C=O) groups excluding carboxylic acids is 1. The molecule has 0 aliphatic heterocycles. The lowest BCUT2D eigenvalue weighted by Gasteiger charge is -2.33. The van der Waals surface area contributed by atoms with Gasteiger partial charge in [-0.05, 0) is 38.5 Å². The Morgan fingerprint density at radius 1 is 1.06 bits per heavy atom. The van der Waals surface area contributed by atoms with Crippen molar-refractivity contribution in [2.24, 2.45) is 17.3 Å². The Kier molecular flexibility index (Phi) is 5.03. The van der Waals surface area contributed by atoms with Crippen molar-refractivity contribution in [2.45, 2.75) is 67.3 Å². The van der Waals surface area contributed by atoms with E-state index in [0.29, 0.717) is 5.92 Å². The fourth-order valence-corrected chi connectivity index (χ4v) is 1.78. The third-order valence-corrected chi connectivity index (χ3v) is 2.57. The Hall–Kier alpha value is -0.530. The predicted molar refractivity (Wildman–Crippen MR) is 70.3 cm³/mol. The van der Waals surface area contributed by atoms with Crippen molar-refractivity contribution < 1.29 is 4.79 Å². The van der Waals surface area contributed by atoms with E-state index in [-0.39, 0.29) is 22.8 Å². The maximum atomic E-state index is 12.2. The van der Waals surface area contributed by atoms with Crippen LogP contribution >= 0.6 is 0 Å². The van der Waals surface area contributed by atoms with Crippen LogP contribution in [-0.4, -0.2) is 11.4 Å². The molecule has 0 fully saturated rings. The Balaban J connectivity index is 4.71. The molecule has 0 aliphatic carbocycles. The zero-order valence-electron chi connectivity index (χ0n) is 12.3. The molecule has 1 N–H and O–H groups in total. The van der Waals surface area contributed by atoms with Gasteiger partial charge in [-0.15, -0.1) is 0 Å². The molecule has 2 nitrogen and oxygen atoms in total. The van der Waals surface area contributed by atoms with Gasteiger partial charge < -0.3 is 5.32 Å². The average Bonchev–Trinajstić information content (AvgIpc) is 1.93. The summed E-state index contributed by atoms with van der Waals surface area (Å²) in [4.78, 5) is 12.2. The molecular formula is C14H29NO. The fourth-order valence-electron chi connectivity index (χ4n) is 1.78. The van der Waals surface area contributed by atoms with E-state index in [9.17, 15) is 4.79 Å². The fraction of sp³-hybridized carbons (Fsp3) is 0.929. The van der Waals surface area contributed by atoms with Gasteiger partial charge in [0.05, 0.1) is 0 Å². The maximum absolute atomic E-state index is 12.2. The first kappa shape index (κ1) is 15.5. The molecule has 0 aromatic heterocycles. The van der Waals surface area contributed by atoms with Gasteiger partial charge in [-0.25, -0.2) is 0 Å². The van der Waals surface area contributed by atoms with Crippen molar-refractivity contribution in [3.8, 4) is 0 Å². The Labute approximate surface area is 101 Å². The predicted octanol–water partition coefficient (Wildman–Crippen LogP) is 3.61. The van der Waals surface area contributed by atoms with Crippen molar-refractivity contribution >= 4 is 5.91 Å². The van der Waals surface area contributed by atoms with Crippen LogP contribution in [0.1, 0.15) is 61.8 Å². The van der Waals surface area contributed by atoms with Crippen LogP contribution in [-0.2, 0) is 4.79 Å². The van der Waals surface area contributed by atoms with Crippen LogP contribution in [0.2, 0.25) is 0 Å². The second-order valence-corrected chi connectivity index (χ2v) is 7.29. The van der Waals surface area contributed by atoms with Crippen molar-refractivity contribution in [3.63, 3.8) is 0 Å². The van der Waals surface area contributed by atoms with Crippen LogP contribution in [0.5, 0.6) is 0 Å². The summed E-state index contributed by atoms with van der Waals surface area (Å²) in [5, 5.41) is 3.09. The van der Waals surface area contributed by atoms with Crippen molar-refractivity contribution in [1.29, 1.82) is 0 Å². The molecule has 0 bridgehead atoms. The summed E-state index contributed by atoms with van der Waals surface area (Å²) in [6.07, 6.45) is 0.950. The zero-order chi connectivity index (χ0) is 13.1. The summed E-state index contributed by atoms with van der Waals surface area (Å²) >= 11 is 0. The topological polar surface area (TPSA) is 29.1 Å². The molecule has 0 aromatic carbocycles. The van der Waals surface area contributed by atoms with Crippen LogP contribution in [0.3, 0.4) is 0 Å². The lowest BCUT2D eigenvalue weighted by Crippen LogP contribution is -2.47. The molecule has 0 spiro atoms. The van der Waals surface area contributed by atoms with E-state index in [4.69, 9.17) is 0 Å². The maximum Gasteiger partial charge on any atom is 0.224 e. The summed E-state index contributed by atoms with van der Waals surface area (Å²) in [5.74, 6) is 0.829. The average molecular weight is 227 g/mol. The zero-order valence-corrected chi connectivity index (χ0v) is 12.3. The van der Waals surface area contributed by atoms with Crippen LogP contribution in [0.4, 0.5) is 0 Å². The molecule has 0 unspecified atom stereocenters. The van der Waals surface area contributed by atoms with Crippen LogP contribution in [0.15, 0.2) is 0 Å². The molecule has 0 aromatic rings. The number of nitrogens with one attached hydrogen (secondary N) is 1. The van der Waals surface area contributed by atoms with Gasteiger partial charge in [0.25, 0.3) is 0 Å². The van der Waals surface area contributed by atoms with E-state index in [1.165, 1.54) is 0 Å². The Morgan fingerprint density at radius 3 is 1.75 bits per heavy atom. The van der Waals surface area contributed by atoms with Crippen LogP contribution < -0.4 is 5.32 Å². The number of amides is 1. The summed E-state index contributed by atoms with van der Waals surface area (Å²) in [7, 11) is 0. The minimum Gasteiger partial charge on any atom is -0.351 e. The first-order valence-corrected chi connectivity index (χ1v) is 6.25. The molecule has 0 aliphatic rings. The van der Waals surface area contributed by atoms with Gasteiger partial charge in [0.15, 0.2) is 0 Å². The molecule has 0 heterocycles. The van der Waals surface area contributed by atoms with Gasteiger partial charge in [0, 0.05) is 11.5 Å². The molecule has 0 saturated carbocycles. The van der Waals surface area contributed by atoms with Gasteiger partial charge in [0.2, 0.25) is 5.91 Å². The quantitative estimate of drug-likeness (QED) is 0.784. The summed E-state index contributed by atoms with van der Waals surface area (Å²) in [6, 6.07) is 0. The third kappa shape index (κ3) is 6.14. The standard InChI is InChI=1S/C14H29NO/c1-10(2)9-11(13(3,4)5)12(16)15-14(6,7)8/h10-11H,9H2,1-8H3,(H,15,16)/t11-/m0/s1. The molecule has 0 rings (SSSR count). The third-order valence-electron chi connectivity index (χ3n) is 2.57. The van der Waals surface area contributed by atoms with Crippen molar-refractivity contribution in [1.82, 2.24) is 5.32 Å². The molecule has 96 valence electrons. The molecule has 2 heteroatoms.